The van der Waals surface area contributed by atoms with Crippen molar-refractivity contribution in [1.29, 1.82) is 0 Å². The Morgan fingerprint density at radius 1 is 1.53 bits per heavy atom. The van der Waals surface area contributed by atoms with Crippen molar-refractivity contribution < 1.29 is 9.50 Å². The van der Waals surface area contributed by atoms with Crippen LogP contribution in [0.15, 0.2) is 18.2 Å². The molecule has 2 N–H and O–H groups in total. The van der Waals surface area contributed by atoms with Crippen molar-refractivity contribution in [3.05, 3.63) is 35.1 Å². The standard InChI is InChI=1S/C14H20FNO/c1-10(3-2-8-17)16-14-7-4-11-9-12(15)5-6-13(11)14/h5-6,9-10,14,16-17H,2-4,7-8H2,1H3. The van der Waals surface area contributed by atoms with Gasteiger partial charge < -0.3 is 10.4 Å². The van der Waals surface area contributed by atoms with Gasteiger partial charge in [0.15, 0.2) is 0 Å². The van der Waals surface area contributed by atoms with Crippen LogP contribution in [0.2, 0.25) is 0 Å². The molecular weight excluding hydrogens is 217 g/mol. The summed E-state index contributed by atoms with van der Waals surface area (Å²) in [5.41, 5.74) is 2.37. The van der Waals surface area contributed by atoms with Crippen LogP contribution < -0.4 is 5.32 Å². The summed E-state index contributed by atoms with van der Waals surface area (Å²) in [7, 11) is 0. The third kappa shape index (κ3) is 3.05. The molecule has 94 valence electrons. The van der Waals surface area contributed by atoms with Crippen LogP contribution in [0.25, 0.3) is 0 Å². The Hall–Kier alpha value is -0.930. The quantitative estimate of drug-likeness (QED) is 0.825. The molecular formula is C14H20FNO. The van der Waals surface area contributed by atoms with E-state index in [9.17, 15) is 4.39 Å². The van der Waals surface area contributed by atoms with Crippen LogP contribution in [0, 0.1) is 5.82 Å². The van der Waals surface area contributed by atoms with Crippen LogP contribution in [0.3, 0.4) is 0 Å². The normalized spacial score (nSPS) is 20.3. The van der Waals surface area contributed by atoms with Crippen molar-refractivity contribution in [3.63, 3.8) is 0 Å². The lowest BCUT2D eigenvalue weighted by atomic mass is 10.1. The van der Waals surface area contributed by atoms with Gasteiger partial charge in [0.1, 0.15) is 5.82 Å². The van der Waals surface area contributed by atoms with E-state index in [0.717, 1.165) is 31.2 Å². The Bertz CT molecular complexity index is 380. The highest BCUT2D eigenvalue weighted by Crippen LogP contribution is 2.31. The first kappa shape index (κ1) is 12.5. The van der Waals surface area contributed by atoms with Gasteiger partial charge in [0, 0.05) is 18.7 Å². The van der Waals surface area contributed by atoms with Gasteiger partial charge in [0.25, 0.3) is 0 Å². The summed E-state index contributed by atoms with van der Waals surface area (Å²) in [6.45, 7) is 2.38. The third-order valence-electron chi connectivity index (χ3n) is 3.46. The Labute approximate surface area is 102 Å². The molecule has 3 heteroatoms. The van der Waals surface area contributed by atoms with E-state index < -0.39 is 0 Å². The van der Waals surface area contributed by atoms with Crippen molar-refractivity contribution >= 4 is 0 Å². The second kappa shape index (κ2) is 5.61. The van der Waals surface area contributed by atoms with Crippen LogP contribution in [0.1, 0.15) is 43.4 Å². The zero-order chi connectivity index (χ0) is 12.3. The first-order valence-corrected chi connectivity index (χ1v) is 6.36. The largest absolute Gasteiger partial charge is 0.396 e. The molecule has 1 aliphatic carbocycles. The lowest BCUT2D eigenvalue weighted by Gasteiger charge is -2.20. The second-order valence-corrected chi connectivity index (χ2v) is 4.87. The minimum absolute atomic E-state index is 0.141. The number of hydrogen-bond acceptors (Lipinski definition) is 2. The maximum atomic E-state index is 13.1. The maximum absolute atomic E-state index is 13.1. The number of hydrogen-bond donors (Lipinski definition) is 2. The van der Waals surface area contributed by atoms with E-state index in [1.54, 1.807) is 6.07 Å². The number of halogens is 1. The van der Waals surface area contributed by atoms with Gasteiger partial charge in [-0.05, 0) is 55.9 Å². The van der Waals surface area contributed by atoms with Crippen molar-refractivity contribution in [3.8, 4) is 0 Å². The number of rotatable bonds is 5. The molecule has 0 heterocycles. The molecule has 0 spiro atoms. The molecule has 2 nitrogen and oxygen atoms in total. The topological polar surface area (TPSA) is 32.3 Å². The average Bonchev–Trinajstić information content (AvgIpc) is 2.69. The highest BCUT2D eigenvalue weighted by Gasteiger charge is 2.23. The van der Waals surface area contributed by atoms with E-state index in [1.807, 2.05) is 6.07 Å². The van der Waals surface area contributed by atoms with Gasteiger partial charge in [-0.3, -0.25) is 0 Å². The summed E-state index contributed by atoms with van der Waals surface area (Å²) in [4.78, 5) is 0. The number of aliphatic hydroxyl groups excluding tert-OH is 1. The van der Waals surface area contributed by atoms with E-state index in [2.05, 4.69) is 12.2 Å². The molecule has 2 unspecified atom stereocenters. The fourth-order valence-electron chi connectivity index (χ4n) is 2.58. The molecule has 1 aromatic carbocycles. The number of fused-ring (bicyclic) bond motifs is 1. The second-order valence-electron chi connectivity index (χ2n) is 4.87. The van der Waals surface area contributed by atoms with Crippen molar-refractivity contribution in [2.24, 2.45) is 0 Å². The zero-order valence-electron chi connectivity index (χ0n) is 10.2. The van der Waals surface area contributed by atoms with Gasteiger partial charge in [-0.1, -0.05) is 6.07 Å². The summed E-state index contributed by atoms with van der Waals surface area (Å²) in [5.74, 6) is -0.141. The van der Waals surface area contributed by atoms with Crippen LogP contribution >= 0.6 is 0 Å². The minimum atomic E-state index is -0.141. The highest BCUT2D eigenvalue weighted by molar-refractivity contribution is 5.35. The molecule has 0 aliphatic heterocycles. The fourth-order valence-corrected chi connectivity index (χ4v) is 2.58. The van der Waals surface area contributed by atoms with E-state index in [1.165, 1.54) is 11.6 Å². The van der Waals surface area contributed by atoms with Crippen LogP contribution in [-0.4, -0.2) is 17.8 Å². The molecule has 0 saturated carbocycles. The molecule has 17 heavy (non-hydrogen) atoms. The van der Waals surface area contributed by atoms with E-state index in [-0.39, 0.29) is 12.4 Å². The molecule has 2 rings (SSSR count). The van der Waals surface area contributed by atoms with Gasteiger partial charge in [-0.15, -0.1) is 0 Å². The number of aryl methyl sites for hydroxylation is 1. The molecule has 0 fully saturated rings. The molecule has 0 radical (unpaired) electrons. The molecule has 0 bridgehead atoms. The summed E-state index contributed by atoms with van der Waals surface area (Å²) in [5, 5.41) is 12.4. The van der Waals surface area contributed by atoms with Gasteiger partial charge in [-0.25, -0.2) is 4.39 Å². The van der Waals surface area contributed by atoms with E-state index in [0.29, 0.717) is 12.1 Å². The molecule has 0 aromatic heterocycles. The first-order chi connectivity index (χ1) is 8.20. The van der Waals surface area contributed by atoms with Gasteiger partial charge >= 0.3 is 0 Å². The SMILES string of the molecule is CC(CCCO)NC1CCc2cc(F)ccc21. The predicted molar refractivity (Wildman–Crippen MR) is 66.4 cm³/mol. The van der Waals surface area contributed by atoms with E-state index >= 15 is 0 Å². The number of aliphatic hydroxyl groups is 1. The zero-order valence-corrected chi connectivity index (χ0v) is 10.2. The number of benzene rings is 1. The third-order valence-corrected chi connectivity index (χ3v) is 3.46. The Morgan fingerprint density at radius 2 is 2.35 bits per heavy atom. The lowest BCUT2D eigenvalue weighted by molar-refractivity contribution is 0.273. The summed E-state index contributed by atoms with van der Waals surface area (Å²) in [6.07, 6.45) is 3.81. The van der Waals surface area contributed by atoms with Gasteiger partial charge in [0.05, 0.1) is 0 Å². The Morgan fingerprint density at radius 3 is 3.12 bits per heavy atom. The fraction of sp³-hybridized carbons (Fsp3) is 0.571. The van der Waals surface area contributed by atoms with Crippen LogP contribution in [-0.2, 0) is 6.42 Å². The van der Waals surface area contributed by atoms with E-state index in [4.69, 9.17) is 5.11 Å². The van der Waals surface area contributed by atoms with Gasteiger partial charge in [-0.2, -0.15) is 0 Å². The first-order valence-electron chi connectivity index (χ1n) is 6.36. The van der Waals surface area contributed by atoms with Crippen molar-refractivity contribution in [2.75, 3.05) is 6.61 Å². The summed E-state index contributed by atoms with van der Waals surface area (Å²) in [6, 6.07) is 5.82. The Kier molecular flexibility index (Phi) is 4.13. The predicted octanol–water partition coefficient (Wildman–Crippen LogP) is 2.56. The summed E-state index contributed by atoms with van der Waals surface area (Å²) < 4.78 is 13.1. The molecule has 1 aromatic rings. The van der Waals surface area contributed by atoms with Crippen molar-refractivity contribution in [1.82, 2.24) is 5.32 Å². The number of nitrogens with one attached hydrogen (secondary N) is 1. The molecule has 0 amide bonds. The highest BCUT2D eigenvalue weighted by atomic mass is 19.1. The lowest BCUT2D eigenvalue weighted by Crippen LogP contribution is -2.29. The smallest absolute Gasteiger partial charge is 0.123 e. The molecule has 2 atom stereocenters. The maximum Gasteiger partial charge on any atom is 0.123 e. The van der Waals surface area contributed by atoms with Crippen LogP contribution in [0.5, 0.6) is 0 Å². The van der Waals surface area contributed by atoms with Crippen LogP contribution in [0.4, 0.5) is 4.39 Å². The van der Waals surface area contributed by atoms with Crippen molar-refractivity contribution in [2.45, 2.75) is 44.7 Å². The Balaban J connectivity index is 1.97. The monoisotopic (exact) mass is 237 g/mol. The van der Waals surface area contributed by atoms with Gasteiger partial charge in [0.2, 0.25) is 0 Å². The molecule has 1 aliphatic rings. The average molecular weight is 237 g/mol. The minimum Gasteiger partial charge on any atom is -0.396 e. The summed E-state index contributed by atoms with van der Waals surface area (Å²) >= 11 is 0. The molecule has 0 saturated heterocycles.